The van der Waals surface area contributed by atoms with Crippen LogP contribution in [0, 0.1) is 6.92 Å². The third kappa shape index (κ3) is 6.99. The number of aryl methyl sites for hydroxylation is 1. The second-order valence-corrected chi connectivity index (χ2v) is 10.1. The van der Waals surface area contributed by atoms with Crippen molar-refractivity contribution in [3.05, 3.63) is 42.0 Å². The number of carboxylic acids is 1. The fourth-order valence-corrected chi connectivity index (χ4v) is 5.36. The summed E-state index contributed by atoms with van der Waals surface area (Å²) in [4.78, 5) is 28.6. The molecule has 0 fully saturated rings. The highest BCUT2D eigenvalue weighted by atomic mass is 32.2. The smallest absolute Gasteiger partial charge is 0.318 e. The van der Waals surface area contributed by atoms with E-state index in [0.717, 1.165) is 15.3 Å². The van der Waals surface area contributed by atoms with Gasteiger partial charge in [0.25, 0.3) is 0 Å². The number of aliphatic carboxylic acids is 1. The van der Waals surface area contributed by atoms with Crippen molar-refractivity contribution < 1.29 is 23.1 Å². The standard InChI is InChI=1S/C23H33N5O5S/c1-3-5-20(22(31)19(24)6-4-11-27-23(25)26)28(14-21(29)30)34(32,33)18-10-9-16-8-7-15(2)12-17(16)13-18/h7-10,12-13,19-20H,3-6,11,14,24H2,1-2H3,(H,29,30)(H4,25,26,27)/t19-,20?/m0/s1. The molecule has 0 heterocycles. The number of hydrogen-bond acceptors (Lipinski definition) is 6. The van der Waals surface area contributed by atoms with Gasteiger partial charge in [-0.25, -0.2) is 8.42 Å². The van der Waals surface area contributed by atoms with E-state index in [-0.39, 0.29) is 30.2 Å². The average molecular weight is 492 g/mol. The summed E-state index contributed by atoms with van der Waals surface area (Å²) in [5.74, 6) is -1.98. The highest BCUT2D eigenvalue weighted by molar-refractivity contribution is 7.89. The van der Waals surface area contributed by atoms with Gasteiger partial charge in [0.2, 0.25) is 10.0 Å². The fraction of sp³-hybridized carbons (Fsp3) is 0.435. The van der Waals surface area contributed by atoms with E-state index in [2.05, 4.69) is 4.99 Å². The van der Waals surface area contributed by atoms with Crippen LogP contribution in [0.2, 0.25) is 0 Å². The molecule has 0 aliphatic rings. The summed E-state index contributed by atoms with van der Waals surface area (Å²) in [5.41, 5.74) is 17.6. The van der Waals surface area contributed by atoms with Gasteiger partial charge in [-0.3, -0.25) is 14.6 Å². The molecule has 0 amide bonds. The first kappa shape index (κ1) is 27.2. The molecular weight excluding hydrogens is 458 g/mol. The lowest BCUT2D eigenvalue weighted by Crippen LogP contribution is -2.52. The minimum absolute atomic E-state index is 0.0759. The van der Waals surface area contributed by atoms with Crippen molar-refractivity contribution in [1.82, 2.24) is 4.31 Å². The number of nitrogens with zero attached hydrogens (tertiary/aromatic N) is 2. The van der Waals surface area contributed by atoms with Gasteiger partial charge in [-0.05, 0) is 49.1 Å². The zero-order valence-corrected chi connectivity index (χ0v) is 20.3. The molecule has 2 aromatic carbocycles. The fourth-order valence-electron chi connectivity index (χ4n) is 3.75. The number of hydrogen-bond donors (Lipinski definition) is 4. The minimum Gasteiger partial charge on any atom is -0.480 e. The molecule has 0 saturated heterocycles. The highest BCUT2D eigenvalue weighted by Crippen LogP contribution is 2.26. The van der Waals surface area contributed by atoms with Crippen LogP contribution in [0.1, 0.15) is 38.2 Å². The molecule has 2 atom stereocenters. The van der Waals surface area contributed by atoms with E-state index in [9.17, 15) is 23.1 Å². The van der Waals surface area contributed by atoms with Crippen molar-refractivity contribution in [2.45, 2.75) is 56.5 Å². The lowest BCUT2D eigenvalue weighted by Gasteiger charge is -2.30. The number of nitrogens with two attached hydrogens (primary N) is 3. The molecule has 11 heteroatoms. The molecule has 0 bridgehead atoms. The van der Waals surface area contributed by atoms with Gasteiger partial charge in [0.1, 0.15) is 6.54 Å². The minimum atomic E-state index is -4.32. The molecule has 2 rings (SSSR count). The number of carbonyl (C=O) groups is 2. The Labute approximate surface area is 199 Å². The molecule has 0 spiro atoms. The summed E-state index contributed by atoms with van der Waals surface area (Å²) in [5, 5.41) is 11.0. The first-order valence-corrected chi connectivity index (χ1v) is 12.5. The molecule has 7 N–H and O–H groups in total. The van der Waals surface area contributed by atoms with Crippen LogP contribution in [0.15, 0.2) is 46.3 Å². The number of sulfonamides is 1. The van der Waals surface area contributed by atoms with Gasteiger partial charge in [0.05, 0.1) is 17.0 Å². The van der Waals surface area contributed by atoms with Gasteiger partial charge in [-0.2, -0.15) is 4.31 Å². The van der Waals surface area contributed by atoms with Crippen LogP contribution in [-0.4, -0.2) is 60.7 Å². The van der Waals surface area contributed by atoms with Crippen LogP contribution in [0.4, 0.5) is 0 Å². The van der Waals surface area contributed by atoms with Crippen LogP contribution in [-0.2, 0) is 19.6 Å². The normalized spacial score (nSPS) is 13.5. The maximum atomic E-state index is 13.6. The van der Waals surface area contributed by atoms with Gasteiger partial charge >= 0.3 is 5.97 Å². The first-order valence-electron chi connectivity index (χ1n) is 11.1. The van der Waals surface area contributed by atoms with Gasteiger partial charge in [-0.15, -0.1) is 0 Å². The van der Waals surface area contributed by atoms with Crippen LogP contribution < -0.4 is 17.2 Å². The van der Waals surface area contributed by atoms with Crippen molar-refractivity contribution in [3.63, 3.8) is 0 Å². The average Bonchev–Trinajstić information content (AvgIpc) is 2.77. The van der Waals surface area contributed by atoms with Crippen LogP contribution >= 0.6 is 0 Å². The Balaban J connectivity index is 2.42. The number of rotatable bonds is 13. The monoisotopic (exact) mass is 491 g/mol. The van der Waals surface area contributed by atoms with Gasteiger partial charge in [-0.1, -0.05) is 43.2 Å². The summed E-state index contributed by atoms with van der Waals surface area (Å²) >= 11 is 0. The lowest BCUT2D eigenvalue weighted by molar-refractivity contribution is -0.138. The molecule has 34 heavy (non-hydrogen) atoms. The Morgan fingerprint density at radius 3 is 2.38 bits per heavy atom. The molecule has 186 valence electrons. The van der Waals surface area contributed by atoms with Crippen molar-refractivity contribution in [2.24, 2.45) is 22.2 Å². The van der Waals surface area contributed by atoms with Crippen molar-refractivity contribution in [3.8, 4) is 0 Å². The SMILES string of the molecule is CCCC(C(=O)[C@@H](N)CCCN=C(N)N)N(CC(=O)O)S(=O)(=O)c1ccc2ccc(C)cc2c1. The molecule has 2 aromatic rings. The van der Waals surface area contributed by atoms with E-state index >= 15 is 0 Å². The highest BCUT2D eigenvalue weighted by Gasteiger charge is 2.38. The maximum absolute atomic E-state index is 13.6. The van der Waals surface area contributed by atoms with Crippen LogP contribution in [0.5, 0.6) is 0 Å². The quantitative estimate of drug-likeness (QED) is 0.184. The third-order valence-electron chi connectivity index (χ3n) is 5.44. The summed E-state index contributed by atoms with van der Waals surface area (Å²) in [6.45, 7) is 3.09. The summed E-state index contributed by atoms with van der Waals surface area (Å²) in [6.07, 6.45) is 1.24. The number of guanidine groups is 1. The van der Waals surface area contributed by atoms with Crippen LogP contribution in [0.25, 0.3) is 10.8 Å². The lowest BCUT2D eigenvalue weighted by atomic mass is 9.98. The van der Waals surface area contributed by atoms with E-state index < -0.39 is 40.4 Å². The van der Waals surface area contributed by atoms with Gasteiger partial charge in [0.15, 0.2) is 11.7 Å². The number of aliphatic imine (C=N–C) groups is 1. The molecule has 1 unspecified atom stereocenters. The summed E-state index contributed by atoms with van der Waals surface area (Å²) in [6, 6.07) is 8.01. The maximum Gasteiger partial charge on any atom is 0.318 e. The molecule has 0 aliphatic heterocycles. The number of benzene rings is 2. The molecule has 0 aromatic heterocycles. The molecule has 10 nitrogen and oxygen atoms in total. The van der Waals surface area contributed by atoms with Crippen molar-refractivity contribution in [1.29, 1.82) is 0 Å². The predicted molar refractivity (Wildman–Crippen MR) is 132 cm³/mol. The van der Waals surface area contributed by atoms with E-state index in [1.807, 2.05) is 25.1 Å². The summed E-state index contributed by atoms with van der Waals surface area (Å²) in [7, 11) is -4.32. The largest absolute Gasteiger partial charge is 0.480 e. The molecule has 0 aliphatic carbocycles. The number of fused-ring (bicyclic) bond motifs is 1. The first-order chi connectivity index (χ1) is 16.0. The van der Waals surface area contributed by atoms with E-state index in [0.29, 0.717) is 18.2 Å². The molecule has 0 saturated carbocycles. The summed E-state index contributed by atoms with van der Waals surface area (Å²) < 4.78 is 28.0. The van der Waals surface area contributed by atoms with Gasteiger partial charge < -0.3 is 22.3 Å². The zero-order chi connectivity index (χ0) is 25.5. The molecule has 0 radical (unpaired) electrons. The Kier molecular flexibility index (Phi) is 9.54. The number of carboxylic acid groups (broad SMARTS) is 1. The number of ketones is 1. The second kappa shape index (κ2) is 11.9. The van der Waals surface area contributed by atoms with E-state index in [1.165, 1.54) is 12.1 Å². The van der Waals surface area contributed by atoms with Crippen LogP contribution in [0.3, 0.4) is 0 Å². The zero-order valence-electron chi connectivity index (χ0n) is 19.5. The Morgan fingerprint density at radius 2 is 1.76 bits per heavy atom. The number of carbonyl (C=O) groups excluding carboxylic acids is 1. The second-order valence-electron chi connectivity index (χ2n) is 8.22. The van der Waals surface area contributed by atoms with E-state index in [1.54, 1.807) is 13.0 Å². The van der Waals surface area contributed by atoms with E-state index in [4.69, 9.17) is 17.2 Å². The number of Topliss-reactive ketones (excluding diaryl/α,β-unsaturated/α-hetero) is 1. The molecular formula is C23H33N5O5S. The predicted octanol–water partition coefficient (Wildman–Crippen LogP) is 1.34. The Hall–Kier alpha value is -3.02. The third-order valence-corrected chi connectivity index (χ3v) is 7.29. The van der Waals surface area contributed by atoms with Gasteiger partial charge in [0, 0.05) is 6.54 Å². The topological polar surface area (TPSA) is 182 Å². The van der Waals surface area contributed by atoms with Crippen molar-refractivity contribution >= 4 is 38.5 Å². The Bertz CT molecular complexity index is 1160. The van der Waals surface area contributed by atoms with Crippen molar-refractivity contribution in [2.75, 3.05) is 13.1 Å². The Morgan fingerprint density at radius 1 is 1.09 bits per heavy atom.